The van der Waals surface area contributed by atoms with Crippen LogP contribution in [0, 0.1) is 0 Å². The number of fused-ring (bicyclic) bond motifs is 1. The lowest BCUT2D eigenvalue weighted by Gasteiger charge is -2.38. The van der Waals surface area contributed by atoms with Crippen LogP contribution in [-0.2, 0) is 16.0 Å². The van der Waals surface area contributed by atoms with E-state index in [0.717, 1.165) is 10.5 Å². The van der Waals surface area contributed by atoms with Gasteiger partial charge in [0, 0.05) is 23.0 Å². The van der Waals surface area contributed by atoms with Crippen molar-refractivity contribution in [1.29, 1.82) is 0 Å². The molecule has 35 heavy (non-hydrogen) atoms. The lowest BCUT2D eigenvalue weighted by atomic mass is 9.98. The van der Waals surface area contributed by atoms with Gasteiger partial charge in [-0.1, -0.05) is 30.3 Å². The van der Waals surface area contributed by atoms with Crippen molar-refractivity contribution in [2.24, 2.45) is 0 Å². The van der Waals surface area contributed by atoms with Crippen LogP contribution in [0.5, 0.6) is 0 Å². The minimum Gasteiger partial charge on any atom is -0.465 e. The average molecular weight is 480 g/mol. The second kappa shape index (κ2) is 10.2. The van der Waals surface area contributed by atoms with Gasteiger partial charge in [-0.15, -0.1) is 0 Å². The van der Waals surface area contributed by atoms with Crippen molar-refractivity contribution in [1.82, 2.24) is 20.2 Å². The van der Waals surface area contributed by atoms with E-state index in [2.05, 4.69) is 20.6 Å². The molecule has 1 aromatic heterocycles. The fourth-order valence-electron chi connectivity index (χ4n) is 3.77. The third-order valence-electron chi connectivity index (χ3n) is 5.26. The summed E-state index contributed by atoms with van der Waals surface area (Å²) in [6, 6.07) is 12.9. The second-order valence-corrected chi connectivity index (χ2v) is 8.99. The summed E-state index contributed by atoms with van der Waals surface area (Å²) in [7, 11) is 0. The zero-order chi connectivity index (χ0) is 25.8. The summed E-state index contributed by atoms with van der Waals surface area (Å²) in [6.07, 6.45) is -1.07. The number of nitrogen functional groups attached to an aromatic ring is 2. The van der Waals surface area contributed by atoms with Crippen molar-refractivity contribution >= 4 is 46.3 Å². The number of hydrogen-bond acceptors (Lipinski definition) is 7. The number of carboxylic acid groups (broad SMARTS) is 1. The molecule has 0 aliphatic carbocycles. The van der Waals surface area contributed by atoms with Crippen LogP contribution < -0.4 is 22.1 Å². The van der Waals surface area contributed by atoms with Gasteiger partial charge >= 0.3 is 6.09 Å². The number of anilines is 3. The van der Waals surface area contributed by atoms with Gasteiger partial charge in [0.25, 0.3) is 0 Å². The Balaban J connectivity index is 1.73. The van der Waals surface area contributed by atoms with E-state index >= 15 is 0 Å². The van der Waals surface area contributed by atoms with Gasteiger partial charge in [0.15, 0.2) is 0 Å². The largest absolute Gasteiger partial charge is 0.465 e. The van der Waals surface area contributed by atoms with Crippen molar-refractivity contribution in [3.8, 4) is 0 Å². The first-order valence-electron chi connectivity index (χ1n) is 10.9. The average Bonchev–Trinajstić information content (AvgIpc) is 2.77. The summed E-state index contributed by atoms with van der Waals surface area (Å²) in [6.45, 7) is 4.78. The Morgan fingerprint density at radius 2 is 1.74 bits per heavy atom. The fourth-order valence-corrected chi connectivity index (χ4v) is 3.77. The Hall–Kier alpha value is -4.41. The molecule has 0 unspecified atom stereocenters. The van der Waals surface area contributed by atoms with E-state index in [1.807, 2.05) is 30.3 Å². The number of nitrogens with zero attached hydrogens (tertiary/aromatic N) is 3. The van der Waals surface area contributed by atoms with Crippen LogP contribution >= 0.6 is 0 Å². The van der Waals surface area contributed by atoms with Crippen LogP contribution in [-0.4, -0.2) is 56.0 Å². The van der Waals surface area contributed by atoms with Gasteiger partial charge in [-0.05, 0) is 44.5 Å². The maximum absolute atomic E-state index is 13.1. The molecule has 0 saturated heterocycles. The highest BCUT2D eigenvalue weighted by atomic mass is 16.4. The minimum atomic E-state index is -1.23. The van der Waals surface area contributed by atoms with Gasteiger partial charge in [0.2, 0.25) is 17.8 Å². The number of carbonyl (C=O) groups is 3. The molecule has 3 aromatic rings. The lowest BCUT2D eigenvalue weighted by molar-refractivity contribution is -0.129. The topological polar surface area (TPSA) is 177 Å². The standard InChI is InChI=1S/C24H29N7O4/c1-24(2,3)31(23(34)35)18(11-14-7-5-4-6-8-14)21(33)27-13-19(32)28-15-9-10-17-16(12-15)20(25)30-22(26)29-17/h4-10,12,18H,11,13H2,1-3H3,(H,27,33)(H,28,32)(H,34,35)(H4,25,26,29,30)/t18-/m1/s1. The van der Waals surface area contributed by atoms with E-state index in [0.29, 0.717) is 16.6 Å². The first-order valence-corrected chi connectivity index (χ1v) is 10.9. The number of nitrogens with two attached hydrogens (primary N) is 2. The van der Waals surface area contributed by atoms with Gasteiger partial charge in [-0.25, -0.2) is 9.78 Å². The highest BCUT2D eigenvalue weighted by Crippen LogP contribution is 2.23. The first-order chi connectivity index (χ1) is 16.5. The minimum absolute atomic E-state index is 0.0465. The molecule has 7 N–H and O–H groups in total. The number of benzene rings is 2. The molecule has 0 fully saturated rings. The number of amides is 3. The second-order valence-electron chi connectivity index (χ2n) is 8.99. The zero-order valence-electron chi connectivity index (χ0n) is 19.8. The molecule has 0 aliphatic heterocycles. The Labute approximate surface area is 202 Å². The SMILES string of the molecule is CC(C)(C)N(C(=O)O)[C@H](Cc1ccccc1)C(=O)NCC(=O)Nc1ccc2nc(N)nc(N)c2c1. The molecule has 3 rings (SSSR count). The number of rotatable bonds is 7. The molecule has 0 spiro atoms. The molecule has 1 heterocycles. The van der Waals surface area contributed by atoms with Crippen LogP contribution in [0.4, 0.5) is 22.2 Å². The van der Waals surface area contributed by atoms with Crippen molar-refractivity contribution in [2.45, 2.75) is 38.8 Å². The van der Waals surface area contributed by atoms with Gasteiger partial charge in [0.1, 0.15) is 11.9 Å². The molecule has 0 radical (unpaired) electrons. The molecule has 11 heteroatoms. The Kier molecular flexibility index (Phi) is 7.38. The van der Waals surface area contributed by atoms with Crippen LogP contribution in [0.15, 0.2) is 48.5 Å². The zero-order valence-corrected chi connectivity index (χ0v) is 19.8. The molecule has 2 aromatic carbocycles. The Bertz CT molecular complexity index is 1240. The molecule has 0 saturated carbocycles. The van der Waals surface area contributed by atoms with E-state index in [9.17, 15) is 19.5 Å². The van der Waals surface area contributed by atoms with Gasteiger partial charge in [-0.3, -0.25) is 14.5 Å². The number of carbonyl (C=O) groups excluding carboxylic acids is 2. The van der Waals surface area contributed by atoms with E-state index in [1.165, 1.54) is 0 Å². The molecular formula is C24H29N7O4. The van der Waals surface area contributed by atoms with Gasteiger partial charge < -0.3 is 27.2 Å². The lowest BCUT2D eigenvalue weighted by Crippen LogP contribution is -2.58. The monoisotopic (exact) mass is 479 g/mol. The molecule has 184 valence electrons. The van der Waals surface area contributed by atoms with Crippen molar-refractivity contribution < 1.29 is 19.5 Å². The predicted molar refractivity (Wildman–Crippen MR) is 134 cm³/mol. The third-order valence-corrected chi connectivity index (χ3v) is 5.26. The summed E-state index contributed by atoms with van der Waals surface area (Å²) in [4.78, 5) is 46.8. The fraction of sp³-hybridized carbons (Fsp3) is 0.292. The summed E-state index contributed by atoms with van der Waals surface area (Å²) >= 11 is 0. The molecule has 11 nitrogen and oxygen atoms in total. The summed E-state index contributed by atoms with van der Waals surface area (Å²) in [5.41, 5.74) is 12.4. The van der Waals surface area contributed by atoms with E-state index in [1.54, 1.807) is 39.0 Å². The van der Waals surface area contributed by atoms with Crippen LogP contribution in [0.1, 0.15) is 26.3 Å². The van der Waals surface area contributed by atoms with Crippen LogP contribution in [0.25, 0.3) is 10.9 Å². The van der Waals surface area contributed by atoms with Crippen molar-refractivity contribution in [3.63, 3.8) is 0 Å². The normalized spacial score (nSPS) is 12.1. The Morgan fingerprint density at radius 1 is 1.06 bits per heavy atom. The van der Waals surface area contributed by atoms with E-state index < -0.39 is 29.5 Å². The number of aromatic nitrogens is 2. The summed E-state index contributed by atoms with van der Waals surface area (Å²) < 4.78 is 0. The third kappa shape index (κ3) is 6.34. The predicted octanol–water partition coefficient (Wildman–Crippen LogP) is 2.24. The number of hydrogen-bond donors (Lipinski definition) is 5. The van der Waals surface area contributed by atoms with Crippen LogP contribution in [0.2, 0.25) is 0 Å². The molecule has 0 bridgehead atoms. The molecule has 0 aliphatic rings. The number of nitrogens with one attached hydrogen (secondary N) is 2. The maximum Gasteiger partial charge on any atom is 0.408 e. The van der Waals surface area contributed by atoms with E-state index in [-0.39, 0.29) is 24.7 Å². The van der Waals surface area contributed by atoms with Crippen LogP contribution in [0.3, 0.4) is 0 Å². The highest BCUT2D eigenvalue weighted by molar-refractivity contribution is 5.99. The van der Waals surface area contributed by atoms with Crippen molar-refractivity contribution in [3.05, 3.63) is 54.1 Å². The first kappa shape index (κ1) is 25.2. The van der Waals surface area contributed by atoms with E-state index in [4.69, 9.17) is 11.5 Å². The van der Waals surface area contributed by atoms with Gasteiger partial charge in [-0.2, -0.15) is 4.98 Å². The van der Waals surface area contributed by atoms with Crippen molar-refractivity contribution in [2.75, 3.05) is 23.3 Å². The smallest absolute Gasteiger partial charge is 0.408 e. The molecule has 3 amide bonds. The summed E-state index contributed by atoms with van der Waals surface area (Å²) in [5, 5.41) is 15.6. The quantitative estimate of drug-likeness (QED) is 0.342. The molecular weight excluding hydrogens is 450 g/mol. The van der Waals surface area contributed by atoms with Gasteiger partial charge in [0.05, 0.1) is 12.1 Å². The summed E-state index contributed by atoms with van der Waals surface area (Å²) in [5.74, 6) is -0.849. The Morgan fingerprint density at radius 3 is 2.37 bits per heavy atom. The maximum atomic E-state index is 13.1. The molecule has 1 atom stereocenters. The highest BCUT2D eigenvalue weighted by Gasteiger charge is 2.37.